The molecule has 4 rings (SSSR count). The smallest absolute Gasteiger partial charge is 0.229 e. The molecule has 148 valence electrons. The average Bonchev–Trinajstić information content (AvgIpc) is 3.14. The van der Waals surface area contributed by atoms with E-state index in [0.29, 0.717) is 23.7 Å². The number of ether oxygens (including phenoxy) is 2. The minimum Gasteiger partial charge on any atom is -0.497 e. The first-order valence-corrected chi connectivity index (χ1v) is 9.41. The second-order valence-electron chi connectivity index (χ2n) is 6.96. The highest BCUT2D eigenvalue weighted by Gasteiger charge is 2.36. The van der Waals surface area contributed by atoms with Crippen molar-refractivity contribution in [2.24, 2.45) is 5.92 Å². The Hall–Kier alpha value is -3.54. The van der Waals surface area contributed by atoms with Crippen molar-refractivity contribution in [1.29, 1.82) is 0 Å². The lowest BCUT2D eigenvalue weighted by Crippen LogP contribution is -2.28. The number of amides is 2. The second-order valence-corrected chi connectivity index (χ2v) is 6.96. The van der Waals surface area contributed by atoms with Gasteiger partial charge in [-0.3, -0.25) is 9.59 Å². The fraction of sp³-hybridized carbons (Fsp3) is 0.217. The van der Waals surface area contributed by atoms with Crippen LogP contribution in [-0.2, 0) is 9.59 Å². The molecular weight excluding hydrogens is 368 g/mol. The Morgan fingerprint density at radius 1 is 1.03 bits per heavy atom. The molecule has 1 N–H and O–H groups in total. The van der Waals surface area contributed by atoms with E-state index in [9.17, 15) is 9.59 Å². The van der Waals surface area contributed by atoms with Crippen molar-refractivity contribution in [3.63, 3.8) is 0 Å². The minimum atomic E-state index is -0.447. The SMILES string of the molecule is COc1ccc(OC)c(NC(=O)C2CC(=O)N(c3cccc4ccccc34)C2)c1. The van der Waals surface area contributed by atoms with Crippen molar-refractivity contribution in [3.05, 3.63) is 60.7 Å². The van der Waals surface area contributed by atoms with Gasteiger partial charge in [0.2, 0.25) is 11.8 Å². The predicted octanol–water partition coefficient (Wildman–Crippen LogP) is 3.85. The molecule has 0 saturated carbocycles. The van der Waals surface area contributed by atoms with Gasteiger partial charge in [0.25, 0.3) is 0 Å². The van der Waals surface area contributed by atoms with Crippen molar-refractivity contribution < 1.29 is 19.1 Å². The first kappa shape index (κ1) is 18.8. The molecule has 1 atom stereocenters. The molecule has 6 nitrogen and oxygen atoms in total. The zero-order valence-electron chi connectivity index (χ0n) is 16.3. The number of carbonyl (C=O) groups excluding carboxylic acids is 2. The molecule has 2 amide bonds. The van der Waals surface area contributed by atoms with Gasteiger partial charge in [-0.05, 0) is 23.6 Å². The fourth-order valence-corrected chi connectivity index (χ4v) is 3.71. The maximum Gasteiger partial charge on any atom is 0.229 e. The maximum absolute atomic E-state index is 12.9. The Morgan fingerprint density at radius 2 is 1.83 bits per heavy atom. The monoisotopic (exact) mass is 390 g/mol. The molecule has 3 aromatic carbocycles. The van der Waals surface area contributed by atoms with E-state index in [1.54, 1.807) is 37.3 Å². The number of nitrogens with zero attached hydrogens (tertiary/aromatic N) is 1. The van der Waals surface area contributed by atoms with Crippen LogP contribution >= 0.6 is 0 Å². The van der Waals surface area contributed by atoms with E-state index in [-0.39, 0.29) is 18.2 Å². The quantitative estimate of drug-likeness (QED) is 0.719. The maximum atomic E-state index is 12.9. The van der Waals surface area contributed by atoms with E-state index in [4.69, 9.17) is 9.47 Å². The number of fused-ring (bicyclic) bond motifs is 1. The van der Waals surface area contributed by atoms with E-state index in [1.807, 2.05) is 42.5 Å². The lowest BCUT2D eigenvalue weighted by Gasteiger charge is -2.19. The van der Waals surface area contributed by atoms with Crippen molar-refractivity contribution in [1.82, 2.24) is 0 Å². The van der Waals surface area contributed by atoms with Crippen LogP contribution in [0.1, 0.15) is 6.42 Å². The van der Waals surface area contributed by atoms with Crippen LogP contribution in [0.25, 0.3) is 10.8 Å². The summed E-state index contributed by atoms with van der Waals surface area (Å²) in [7, 11) is 3.10. The molecule has 6 heteroatoms. The first-order valence-electron chi connectivity index (χ1n) is 9.41. The molecule has 0 aromatic heterocycles. The number of hydrogen-bond donors (Lipinski definition) is 1. The fourth-order valence-electron chi connectivity index (χ4n) is 3.71. The van der Waals surface area contributed by atoms with E-state index >= 15 is 0 Å². The molecule has 1 heterocycles. The van der Waals surface area contributed by atoms with E-state index in [0.717, 1.165) is 16.5 Å². The van der Waals surface area contributed by atoms with Gasteiger partial charge in [0.1, 0.15) is 11.5 Å². The summed E-state index contributed by atoms with van der Waals surface area (Å²) in [6.45, 7) is 0.338. The zero-order valence-corrected chi connectivity index (χ0v) is 16.3. The summed E-state index contributed by atoms with van der Waals surface area (Å²) in [6, 6.07) is 19.0. The molecule has 1 aliphatic rings. The van der Waals surface area contributed by atoms with Gasteiger partial charge in [0.05, 0.1) is 31.5 Å². The van der Waals surface area contributed by atoms with Crippen LogP contribution < -0.4 is 19.7 Å². The number of rotatable bonds is 5. The van der Waals surface area contributed by atoms with Crippen LogP contribution in [0.5, 0.6) is 11.5 Å². The molecular formula is C23H22N2O4. The van der Waals surface area contributed by atoms with Crippen molar-refractivity contribution >= 4 is 34.0 Å². The van der Waals surface area contributed by atoms with Crippen molar-refractivity contribution in [2.45, 2.75) is 6.42 Å². The predicted molar refractivity (Wildman–Crippen MR) is 113 cm³/mol. The third kappa shape index (κ3) is 3.61. The van der Waals surface area contributed by atoms with Gasteiger partial charge in [-0.1, -0.05) is 36.4 Å². The molecule has 1 fully saturated rings. The highest BCUT2D eigenvalue weighted by molar-refractivity contribution is 6.08. The summed E-state index contributed by atoms with van der Waals surface area (Å²) in [4.78, 5) is 27.3. The molecule has 3 aromatic rings. The molecule has 0 aliphatic carbocycles. The molecule has 1 aliphatic heterocycles. The number of anilines is 2. The second kappa shape index (κ2) is 7.83. The van der Waals surface area contributed by atoms with Crippen LogP contribution in [-0.4, -0.2) is 32.6 Å². The summed E-state index contributed by atoms with van der Waals surface area (Å²) < 4.78 is 10.5. The van der Waals surface area contributed by atoms with Crippen LogP contribution in [0.15, 0.2) is 60.7 Å². The highest BCUT2D eigenvalue weighted by Crippen LogP contribution is 2.33. The number of benzene rings is 3. The van der Waals surface area contributed by atoms with Crippen LogP contribution in [0.3, 0.4) is 0 Å². The van der Waals surface area contributed by atoms with E-state index in [2.05, 4.69) is 5.32 Å². The van der Waals surface area contributed by atoms with E-state index < -0.39 is 5.92 Å². The summed E-state index contributed by atoms with van der Waals surface area (Å²) in [5.41, 5.74) is 1.36. The topological polar surface area (TPSA) is 67.9 Å². The number of hydrogen-bond acceptors (Lipinski definition) is 4. The Labute approximate surface area is 169 Å². The van der Waals surface area contributed by atoms with Crippen molar-refractivity contribution in [3.8, 4) is 11.5 Å². The average molecular weight is 390 g/mol. The molecule has 1 saturated heterocycles. The van der Waals surface area contributed by atoms with Gasteiger partial charge < -0.3 is 19.7 Å². The first-order chi connectivity index (χ1) is 14.1. The van der Waals surface area contributed by atoms with E-state index in [1.165, 1.54) is 0 Å². The van der Waals surface area contributed by atoms with Gasteiger partial charge in [0.15, 0.2) is 0 Å². The lowest BCUT2D eigenvalue weighted by atomic mass is 10.1. The summed E-state index contributed by atoms with van der Waals surface area (Å²) >= 11 is 0. The van der Waals surface area contributed by atoms with Gasteiger partial charge in [-0.15, -0.1) is 0 Å². The Bertz CT molecular complexity index is 1070. The van der Waals surface area contributed by atoms with Crippen LogP contribution in [0.4, 0.5) is 11.4 Å². The van der Waals surface area contributed by atoms with Gasteiger partial charge in [0, 0.05) is 24.4 Å². The molecule has 1 unspecified atom stereocenters. The van der Waals surface area contributed by atoms with Crippen molar-refractivity contribution in [2.75, 3.05) is 31.0 Å². The van der Waals surface area contributed by atoms with Gasteiger partial charge in [-0.25, -0.2) is 0 Å². The standard InChI is InChI=1S/C23H22N2O4/c1-28-17-10-11-21(29-2)19(13-17)24-23(27)16-12-22(26)25(14-16)20-9-5-7-15-6-3-4-8-18(15)20/h3-11,13,16H,12,14H2,1-2H3,(H,24,27). The Kier molecular flexibility index (Phi) is 5.08. The third-order valence-corrected chi connectivity index (χ3v) is 5.22. The lowest BCUT2D eigenvalue weighted by molar-refractivity contribution is -0.122. The third-order valence-electron chi connectivity index (χ3n) is 5.22. The van der Waals surface area contributed by atoms with Crippen LogP contribution in [0, 0.1) is 5.92 Å². The Balaban J connectivity index is 1.56. The zero-order chi connectivity index (χ0) is 20.4. The molecule has 0 radical (unpaired) electrons. The summed E-state index contributed by atoms with van der Waals surface area (Å²) in [6.07, 6.45) is 0.168. The summed E-state index contributed by atoms with van der Waals surface area (Å²) in [5.74, 6) is 0.430. The normalized spacial score (nSPS) is 16.1. The molecule has 0 spiro atoms. The van der Waals surface area contributed by atoms with Crippen LogP contribution in [0.2, 0.25) is 0 Å². The highest BCUT2D eigenvalue weighted by atomic mass is 16.5. The number of methoxy groups -OCH3 is 2. The van der Waals surface area contributed by atoms with Gasteiger partial charge in [-0.2, -0.15) is 0 Å². The number of carbonyl (C=O) groups is 2. The minimum absolute atomic E-state index is 0.0564. The molecule has 29 heavy (non-hydrogen) atoms. The summed E-state index contributed by atoms with van der Waals surface area (Å²) in [5, 5.41) is 4.95. The van der Waals surface area contributed by atoms with Gasteiger partial charge >= 0.3 is 0 Å². The number of nitrogens with one attached hydrogen (secondary N) is 1. The largest absolute Gasteiger partial charge is 0.497 e. The molecule has 0 bridgehead atoms. The Morgan fingerprint density at radius 3 is 2.62 bits per heavy atom.